The number of amides is 1. The number of benzene rings is 2. The number of sulfonamides is 1. The van der Waals surface area contributed by atoms with Crippen molar-refractivity contribution in [1.29, 1.82) is 0 Å². The van der Waals surface area contributed by atoms with E-state index in [1.54, 1.807) is 11.8 Å². The van der Waals surface area contributed by atoms with Crippen molar-refractivity contribution >= 4 is 33.7 Å². The second-order valence-corrected chi connectivity index (χ2v) is 11.3. The van der Waals surface area contributed by atoms with Crippen LogP contribution in [0, 0.1) is 0 Å². The molecule has 34 heavy (non-hydrogen) atoms. The van der Waals surface area contributed by atoms with E-state index in [-0.39, 0.29) is 10.9 Å². The predicted molar refractivity (Wildman–Crippen MR) is 132 cm³/mol. The molecule has 10 heteroatoms. The topological polar surface area (TPSA) is 105 Å². The number of nitrogens with one attached hydrogen (secondary N) is 1. The van der Waals surface area contributed by atoms with Gasteiger partial charge in [-0.25, -0.2) is 8.42 Å². The fourth-order valence-corrected chi connectivity index (χ4v) is 5.98. The number of rotatable bonds is 8. The SMILES string of the molecule is CCSc1ccc(Cc2nnc(NC(=O)c3ccc(S(=O)(=O)N4CCCCCC4)cc3)o2)cc1. The van der Waals surface area contributed by atoms with E-state index in [0.29, 0.717) is 31.0 Å². The minimum atomic E-state index is -3.56. The molecule has 0 atom stereocenters. The van der Waals surface area contributed by atoms with E-state index >= 15 is 0 Å². The van der Waals surface area contributed by atoms with Gasteiger partial charge in [-0.1, -0.05) is 37.0 Å². The summed E-state index contributed by atoms with van der Waals surface area (Å²) in [6.45, 7) is 3.18. The van der Waals surface area contributed by atoms with E-state index in [2.05, 4.69) is 34.6 Å². The van der Waals surface area contributed by atoms with Gasteiger partial charge in [0.15, 0.2) is 0 Å². The maximum Gasteiger partial charge on any atom is 0.322 e. The zero-order valence-electron chi connectivity index (χ0n) is 19.1. The lowest BCUT2D eigenvalue weighted by atomic mass is 10.1. The van der Waals surface area contributed by atoms with Crippen molar-refractivity contribution in [2.75, 3.05) is 24.2 Å². The summed E-state index contributed by atoms with van der Waals surface area (Å²) >= 11 is 1.77. The fraction of sp³-hybridized carbons (Fsp3) is 0.375. The first-order chi connectivity index (χ1) is 16.5. The quantitative estimate of drug-likeness (QED) is 0.451. The highest BCUT2D eigenvalue weighted by Crippen LogP contribution is 2.22. The molecule has 0 unspecified atom stereocenters. The van der Waals surface area contributed by atoms with Crippen LogP contribution in [0.1, 0.15) is 54.4 Å². The van der Waals surface area contributed by atoms with Crippen molar-refractivity contribution in [3.8, 4) is 0 Å². The van der Waals surface area contributed by atoms with Crippen LogP contribution in [0.5, 0.6) is 0 Å². The second-order valence-electron chi connectivity index (χ2n) is 8.05. The van der Waals surface area contributed by atoms with Crippen LogP contribution in [0.25, 0.3) is 0 Å². The van der Waals surface area contributed by atoms with Gasteiger partial charge >= 0.3 is 6.01 Å². The first-order valence-electron chi connectivity index (χ1n) is 11.4. The van der Waals surface area contributed by atoms with Crippen LogP contribution in [-0.2, 0) is 16.4 Å². The third-order valence-corrected chi connectivity index (χ3v) is 8.40. The molecule has 0 aliphatic carbocycles. The Morgan fingerprint density at radius 1 is 1.00 bits per heavy atom. The van der Waals surface area contributed by atoms with Crippen LogP contribution < -0.4 is 5.32 Å². The van der Waals surface area contributed by atoms with Crippen molar-refractivity contribution < 1.29 is 17.6 Å². The normalized spacial score (nSPS) is 15.1. The molecule has 1 aliphatic rings. The van der Waals surface area contributed by atoms with Crippen LogP contribution in [-0.4, -0.2) is 47.7 Å². The summed E-state index contributed by atoms with van der Waals surface area (Å²) in [4.78, 5) is 14.0. The van der Waals surface area contributed by atoms with E-state index in [1.807, 2.05) is 12.1 Å². The van der Waals surface area contributed by atoms with Crippen LogP contribution in [0.15, 0.2) is 62.7 Å². The zero-order valence-corrected chi connectivity index (χ0v) is 20.7. The third-order valence-electron chi connectivity index (χ3n) is 5.60. The van der Waals surface area contributed by atoms with Gasteiger partial charge in [0, 0.05) is 23.5 Å². The molecule has 0 bridgehead atoms. The minimum Gasteiger partial charge on any atom is -0.407 e. The van der Waals surface area contributed by atoms with E-state index in [1.165, 1.54) is 33.5 Å². The van der Waals surface area contributed by atoms with E-state index in [9.17, 15) is 13.2 Å². The van der Waals surface area contributed by atoms with Gasteiger partial charge in [-0.3, -0.25) is 10.1 Å². The van der Waals surface area contributed by atoms with Gasteiger partial charge in [0.05, 0.1) is 11.3 Å². The largest absolute Gasteiger partial charge is 0.407 e. The van der Waals surface area contributed by atoms with Crippen molar-refractivity contribution in [2.45, 2.75) is 48.8 Å². The Morgan fingerprint density at radius 3 is 2.32 bits per heavy atom. The lowest BCUT2D eigenvalue weighted by Crippen LogP contribution is -2.31. The molecule has 2 aromatic carbocycles. The molecule has 0 saturated carbocycles. The molecule has 1 amide bonds. The standard InChI is InChI=1S/C24H28N4O4S2/c1-2-33-20-11-7-18(8-12-20)17-22-26-27-24(32-22)25-23(29)19-9-13-21(14-10-19)34(30,31)28-15-5-3-4-6-16-28/h7-14H,2-6,15-17H2,1H3,(H,25,27,29). The molecule has 3 aromatic rings. The Labute approximate surface area is 204 Å². The summed E-state index contributed by atoms with van der Waals surface area (Å²) in [7, 11) is -3.56. The van der Waals surface area contributed by atoms with Crippen LogP contribution in [0.4, 0.5) is 6.01 Å². The number of carbonyl (C=O) groups is 1. The Morgan fingerprint density at radius 2 is 1.68 bits per heavy atom. The molecule has 1 fully saturated rings. The van der Waals surface area contributed by atoms with Crippen molar-refractivity contribution in [3.63, 3.8) is 0 Å². The Bertz CT molecular complexity index is 1200. The molecule has 0 radical (unpaired) electrons. The Hall–Kier alpha value is -2.69. The highest BCUT2D eigenvalue weighted by molar-refractivity contribution is 7.99. The number of aromatic nitrogens is 2. The maximum absolute atomic E-state index is 12.9. The Balaban J connectivity index is 1.37. The molecule has 1 N–H and O–H groups in total. The monoisotopic (exact) mass is 500 g/mol. The summed E-state index contributed by atoms with van der Waals surface area (Å²) in [6, 6.07) is 14.1. The van der Waals surface area contributed by atoms with Gasteiger partial charge in [0.25, 0.3) is 5.91 Å². The van der Waals surface area contributed by atoms with Gasteiger partial charge in [0.2, 0.25) is 15.9 Å². The Kier molecular flexibility index (Phi) is 8.02. The zero-order chi connectivity index (χ0) is 24.0. The molecule has 1 saturated heterocycles. The number of thioether (sulfide) groups is 1. The van der Waals surface area contributed by atoms with Crippen LogP contribution in [0.3, 0.4) is 0 Å². The lowest BCUT2D eigenvalue weighted by Gasteiger charge is -2.19. The van der Waals surface area contributed by atoms with E-state index < -0.39 is 15.9 Å². The summed E-state index contributed by atoms with van der Waals surface area (Å²) in [6.07, 6.45) is 4.30. The number of hydrogen-bond acceptors (Lipinski definition) is 7. The molecular formula is C24H28N4O4S2. The summed E-state index contributed by atoms with van der Waals surface area (Å²) in [5, 5.41) is 10.5. The number of nitrogens with zero attached hydrogens (tertiary/aromatic N) is 3. The number of carbonyl (C=O) groups excluding carboxylic acids is 1. The van der Waals surface area contributed by atoms with E-state index in [0.717, 1.165) is 37.0 Å². The van der Waals surface area contributed by atoms with Gasteiger partial charge in [-0.05, 0) is 60.6 Å². The molecular weight excluding hydrogens is 472 g/mol. The third kappa shape index (κ3) is 6.05. The summed E-state index contributed by atoms with van der Waals surface area (Å²) in [5.41, 5.74) is 1.33. The lowest BCUT2D eigenvalue weighted by molar-refractivity contribution is 0.102. The first-order valence-corrected chi connectivity index (χ1v) is 13.8. The molecule has 1 aliphatic heterocycles. The molecule has 8 nitrogen and oxygen atoms in total. The van der Waals surface area contributed by atoms with Gasteiger partial charge in [0.1, 0.15) is 0 Å². The van der Waals surface area contributed by atoms with Crippen molar-refractivity contribution in [2.24, 2.45) is 0 Å². The van der Waals surface area contributed by atoms with Gasteiger partial charge < -0.3 is 4.42 Å². The predicted octanol–water partition coefficient (Wildman–Crippen LogP) is 4.59. The van der Waals surface area contributed by atoms with E-state index in [4.69, 9.17) is 4.42 Å². The molecule has 180 valence electrons. The maximum atomic E-state index is 12.9. The van der Waals surface area contributed by atoms with Gasteiger partial charge in [-0.2, -0.15) is 4.31 Å². The first kappa shape index (κ1) is 24.4. The molecule has 4 rings (SSSR count). The average molecular weight is 501 g/mol. The fourth-order valence-electron chi connectivity index (χ4n) is 3.80. The number of anilines is 1. The van der Waals surface area contributed by atoms with Crippen molar-refractivity contribution in [3.05, 3.63) is 65.5 Å². The second kappa shape index (κ2) is 11.2. The van der Waals surface area contributed by atoms with Crippen LogP contribution >= 0.6 is 11.8 Å². The summed E-state index contributed by atoms with van der Waals surface area (Å²) < 4.78 is 32.9. The number of hydrogen-bond donors (Lipinski definition) is 1. The highest BCUT2D eigenvalue weighted by atomic mass is 32.2. The highest BCUT2D eigenvalue weighted by Gasteiger charge is 2.25. The summed E-state index contributed by atoms with van der Waals surface area (Å²) in [5.74, 6) is 0.961. The van der Waals surface area contributed by atoms with Crippen molar-refractivity contribution in [1.82, 2.24) is 14.5 Å². The molecule has 1 aromatic heterocycles. The smallest absolute Gasteiger partial charge is 0.322 e. The average Bonchev–Trinajstić information content (AvgIpc) is 3.08. The minimum absolute atomic E-state index is 0.000534. The van der Waals surface area contributed by atoms with Gasteiger partial charge in [-0.15, -0.1) is 16.9 Å². The molecule has 2 heterocycles. The van der Waals surface area contributed by atoms with Crippen LogP contribution in [0.2, 0.25) is 0 Å². The molecule has 0 spiro atoms.